The summed E-state index contributed by atoms with van der Waals surface area (Å²) < 4.78 is 4.67. The van der Waals surface area contributed by atoms with Crippen LogP contribution in [0, 0.1) is 0 Å². The van der Waals surface area contributed by atoms with Crippen molar-refractivity contribution in [2.24, 2.45) is 0 Å². The summed E-state index contributed by atoms with van der Waals surface area (Å²) in [5.74, 6) is 0.658. The van der Waals surface area contributed by atoms with Gasteiger partial charge in [-0.05, 0) is 108 Å². The molecule has 0 saturated carbocycles. The fourth-order valence-corrected chi connectivity index (χ4v) is 9.07. The minimum atomic E-state index is -0.110. The molecule has 0 spiro atoms. The van der Waals surface area contributed by atoms with Crippen LogP contribution >= 0.6 is 0 Å². The van der Waals surface area contributed by atoms with Crippen molar-refractivity contribution in [2.45, 2.75) is 31.6 Å². The zero-order valence-corrected chi connectivity index (χ0v) is 31.8. The van der Waals surface area contributed by atoms with Crippen LogP contribution in [0.15, 0.2) is 188 Å². The minimum absolute atomic E-state index is 0.110. The third kappa shape index (κ3) is 5.59. The Labute approximate surface area is 332 Å². The summed E-state index contributed by atoms with van der Waals surface area (Å²) in [4.78, 5) is 10.2. The maximum absolute atomic E-state index is 5.32. The zero-order chi connectivity index (χ0) is 37.9. The Balaban J connectivity index is 1.04. The summed E-state index contributed by atoms with van der Waals surface area (Å²) in [6.45, 7) is 2.32. The number of benzene rings is 6. The van der Waals surface area contributed by atoms with Gasteiger partial charge in [0.25, 0.3) is 0 Å². The molecule has 57 heavy (non-hydrogen) atoms. The number of para-hydroxylation sites is 2. The van der Waals surface area contributed by atoms with E-state index in [1.807, 2.05) is 12.3 Å². The summed E-state index contributed by atoms with van der Waals surface area (Å²) in [5, 5.41) is 4.91. The molecule has 4 heteroatoms. The molecular weight excluding hydrogens is 693 g/mol. The highest BCUT2D eigenvalue weighted by Crippen LogP contribution is 2.40. The van der Waals surface area contributed by atoms with Gasteiger partial charge in [0.1, 0.15) is 0 Å². The normalized spacial score (nSPS) is 16.6. The van der Waals surface area contributed by atoms with Crippen LogP contribution in [0.4, 0.5) is 0 Å². The molecule has 2 aliphatic carbocycles. The molecule has 0 aliphatic heterocycles. The molecule has 9 aromatic rings. The number of rotatable bonds is 6. The van der Waals surface area contributed by atoms with Crippen LogP contribution in [0.5, 0.6) is 0 Å². The molecule has 0 N–H and O–H groups in total. The van der Waals surface area contributed by atoms with E-state index in [0.717, 1.165) is 41.6 Å². The largest absolute Gasteiger partial charge is 0.313 e. The lowest BCUT2D eigenvalue weighted by Crippen LogP contribution is -2.19. The Bertz CT molecular complexity index is 3170. The lowest BCUT2D eigenvalue weighted by Gasteiger charge is -2.28. The summed E-state index contributed by atoms with van der Waals surface area (Å²) in [5.41, 5.74) is 13.9. The second-order valence-corrected chi connectivity index (χ2v) is 15.6. The van der Waals surface area contributed by atoms with Gasteiger partial charge in [0, 0.05) is 44.4 Å². The van der Waals surface area contributed by atoms with Gasteiger partial charge in [0.2, 0.25) is 5.95 Å². The molecule has 0 saturated heterocycles. The van der Waals surface area contributed by atoms with Crippen LogP contribution in [0.25, 0.3) is 88.8 Å². The Kier molecular flexibility index (Phi) is 7.78. The second-order valence-electron chi connectivity index (χ2n) is 15.6. The van der Waals surface area contributed by atoms with Crippen molar-refractivity contribution in [2.75, 3.05) is 0 Å². The van der Waals surface area contributed by atoms with Gasteiger partial charge in [-0.25, -0.2) is 9.97 Å². The smallest absolute Gasteiger partial charge is 0.235 e. The number of allylic oxidation sites excluding steroid dienone is 8. The monoisotopic (exact) mass is 732 g/mol. The number of fused-ring (bicyclic) bond motifs is 6. The molecule has 6 aromatic carbocycles. The summed E-state index contributed by atoms with van der Waals surface area (Å²) >= 11 is 0. The van der Waals surface area contributed by atoms with Crippen LogP contribution in [0.2, 0.25) is 0 Å². The van der Waals surface area contributed by atoms with Crippen LogP contribution in [-0.2, 0) is 5.41 Å². The molecule has 11 rings (SSSR count). The van der Waals surface area contributed by atoms with Gasteiger partial charge in [-0.2, -0.15) is 0 Å². The predicted octanol–water partition coefficient (Wildman–Crippen LogP) is 13.6. The first-order chi connectivity index (χ1) is 28.1. The predicted molar refractivity (Wildman–Crippen MR) is 239 cm³/mol. The molecular formula is C53H40N4. The summed E-state index contributed by atoms with van der Waals surface area (Å²) in [6.07, 6.45) is 20.5. The van der Waals surface area contributed by atoms with Crippen molar-refractivity contribution in [1.29, 1.82) is 0 Å². The Morgan fingerprint density at radius 1 is 0.526 bits per heavy atom. The SMILES string of the molecule is CC1(c2cc(-c3ccccc3)cc(-c3ccnc(-n4c5ccccc5c5cc(-c6ccc7c(c6)c6ccccc6n7C6=CC=CCC6)ccc54)n3)c2)C=CC=CC1. The third-order valence-corrected chi connectivity index (χ3v) is 12.0. The highest BCUT2D eigenvalue weighted by molar-refractivity contribution is 6.13. The van der Waals surface area contributed by atoms with Gasteiger partial charge < -0.3 is 4.57 Å². The molecule has 1 unspecified atom stereocenters. The average Bonchev–Trinajstić information content (AvgIpc) is 3.79. The Hall–Kier alpha value is -7.04. The molecule has 4 nitrogen and oxygen atoms in total. The summed E-state index contributed by atoms with van der Waals surface area (Å²) in [6, 6.07) is 50.8. The maximum Gasteiger partial charge on any atom is 0.235 e. The lowest BCUT2D eigenvalue weighted by atomic mass is 9.76. The molecule has 0 amide bonds. The topological polar surface area (TPSA) is 35.6 Å². The van der Waals surface area contributed by atoms with Crippen molar-refractivity contribution in [1.82, 2.24) is 19.1 Å². The second kappa shape index (κ2) is 13.3. The summed E-state index contributed by atoms with van der Waals surface area (Å²) in [7, 11) is 0. The van der Waals surface area contributed by atoms with Crippen LogP contribution in [-0.4, -0.2) is 19.1 Å². The molecule has 272 valence electrons. The van der Waals surface area contributed by atoms with E-state index >= 15 is 0 Å². The molecule has 3 heterocycles. The fourth-order valence-electron chi connectivity index (χ4n) is 9.07. The standard InChI is InChI=1S/C53H40N4/c1-53(28-13-4-14-29-53)41-32-39(36-15-5-2-6-16-36)31-40(33-41)47-27-30-54-52(55-47)57-49-22-12-10-20-44(49)46-35-38(24-26-51(46)57)37-23-25-50-45(34-37)43-19-9-11-21-48(43)56(50)42-17-7-3-8-18-42/h2-7,9-17,19-28,30-35H,8,18,29H2,1H3. The van der Waals surface area contributed by atoms with E-state index in [4.69, 9.17) is 9.97 Å². The van der Waals surface area contributed by atoms with Gasteiger partial charge in [-0.15, -0.1) is 0 Å². The van der Waals surface area contributed by atoms with E-state index in [2.05, 4.69) is 192 Å². The number of aromatic nitrogens is 4. The first-order valence-corrected chi connectivity index (χ1v) is 19.9. The number of hydrogen-bond acceptors (Lipinski definition) is 2. The van der Waals surface area contributed by atoms with Crippen LogP contribution in [0.3, 0.4) is 0 Å². The van der Waals surface area contributed by atoms with Crippen LogP contribution < -0.4 is 0 Å². The highest BCUT2D eigenvalue weighted by atomic mass is 15.2. The van der Waals surface area contributed by atoms with Crippen molar-refractivity contribution >= 4 is 49.3 Å². The highest BCUT2D eigenvalue weighted by Gasteiger charge is 2.25. The van der Waals surface area contributed by atoms with E-state index in [9.17, 15) is 0 Å². The molecule has 0 radical (unpaired) electrons. The maximum atomic E-state index is 5.32. The van der Waals surface area contributed by atoms with E-state index in [-0.39, 0.29) is 5.41 Å². The minimum Gasteiger partial charge on any atom is -0.313 e. The van der Waals surface area contributed by atoms with Crippen LogP contribution in [0.1, 0.15) is 31.7 Å². The van der Waals surface area contributed by atoms with Gasteiger partial charge >= 0.3 is 0 Å². The van der Waals surface area contributed by atoms with Crippen molar-refractivity contribution < 1.29 is 0 Å². The van der Waals surface area contributed by atoms with E-state index < -0.39 is 0 Å². The number of nitrogens with zero attached hydrogens (tertiary/aromatic N) is 4. The van der Waals surface area contributed by atoms with Crippen molar-refractivity contribution in [3.63, 3.8) is 0 Å². The Morgan fingerprint density at radius 3 is 1.89 bits per heavy atom. The molecule has 3 aromatic heterocycles. The fraction of sp³-hybridized carbons (Fsp3) is 0.0943. The lowest BCUT2D eigenvalue weighted by molar-refractivity contribution is 0.600. The van der Waals surface area contributed by atoms with E-state index in [1.54, 1.807) is 0 Å². The van der Waals surface area contributed by atoms with Gasteiger partial charge in [-0.3, -0.25) is 4.57 Å². The zero-order valence-electron chi connectivity index (χ0n) is 31.8. The number of hydrogen-bond donors (Lipinski definition) is 0. The van der Waals surface area contributed by atoms with Crippen molar-refractivity contribution in [3.05, 3.63) is 194 Å². The third-order valence-electron chi connectivity index (χ3n) is 12.0. The van der Waals surface area contributed by atoms with Crippen molar-refractivity contribution in [3.8, 4) is 39.5 Å². The molecule has 2 aliphatic rings. The van der Waals surface area contributed by atoms with Gasteiger partial charge in [0.15, 0.2) is 0 Å². The molecule has 0 fully saturated rings. The quantitative estimate of drug-likeness (QED) is 0.171. The average molecular weight is 733 g/mol. The van der Waals surface area contributed by atoms with E-state index in [0.29, 0.717) is 5.95 Å². The first-order valence-electron chi connectivity index (χ1n) is 19.9. The van der Waals surface area contributed by atoms with Gasteiger partial charge in [-0.1, -0.05) is 128 Å². The molecule has 0 bridgehead atoms. The Morgan fingerprint density at radius 2 is 1.19 bits per heavy atom. The van der Waals surface area contributed by atoms with Gasteiger partial charge in [0.05, 0.1) is 27.8 Å². The molecule has 1 atom stereocenters. The first kappa shape index (κ1) is 33.3. The van der Waals surface area contributed by atoms with E-state index in [1.165, 1.54) is 66.1 Å².